The summed E-state index contributed by atoms with van der Waals surface area (Å²) < 4.78 is 0. The van der Waals surface area contributed by atoms with E-state index >= 15 is 0 Å². The van der Waals surface area contributed by atoms with Crippen LogP contribution in [0.5, 0.6) is 0 Å². The van der Waals surface area contributed by atoms with E-state index in [2.05, 4.69) is 28.9 Å². The predicted molar refractivity (Wildman–Crippen MR) is 70.5 cm³/mol. The average molecular weight is 233 g/mol. The number of likely N-dealkylation sites (tertiary alicyclic amines) is 1. The summed E-state index contributed by atoms with van der Waals surface area (Å²) in [6.45, 7) is 5.35. The van der Waals surface area contributed by atoms with Crippen LogP contribution in [-0.4, -0.2) is 29.0 Å². The monoisotopic (exact) mass is 233 g/mol. The predicted octanol–water partition coefficient (Wildman–Crippen LogP) is 2.03. The number of nitrogens with zero attached hydrogens (tertiary/aromatic N) is 2. The van der Waals surface area contributed by atoms with Crippen molar-refractivity contribution in [2.24, 2.45) is 11.7 Å². The molecule has 0 amide bonds. The van der Waals surface area contributed by atoms with Gasteiger partial charge in [0.15, 0.2) is 0 Å². The van der Waals surface area contributed by atoms with Gasteiger partial charge in [0.1, 0.15) is 0 Å². The second-order valence-corrected chi connectivity index (χ2v) is 4.94. The van der Waals surface area contributed by atoms with Crippen LogP contribution in [0, 0.1) is 5.92 Å². The molecule has 2 rings (SSSR count). The Kier molecular flexibility index (Phi) is 4.51. The Morgan fingerprint density at radius 2 is 2.18 bits per heavy atom. The van der Waals surface area contributed by atoms with Crippen LogP contribution in [0.25, 0.3) is 0 Å². The standard InChI is InChI=1S/C14H23N3/c1-2-14-13(10-15)4-3-9-17(14)11-12-5-7-16-8-6-12/h5-8,13-14H,2-4,9-11,15H2,1H3/t13-,14-/m1/s1. The Balaban J connectivity index is 2.03. The smallest absolute Gasteiger partial charge is 0.0271 e. The Bertz CT molecular complexity index is 325. The Morgan fingerprint density at radius 1 is 1.41 bits per heavy atom. The molecule has 17 heavy (non-hydrogen) atoms. The number of hydrogen-bond acceptors (Lipinski definition) is 3. The lowest BCUT2D eigenvalue weighted by molar-refractivity contribution is 0.0857. The third kappa shape index (κ3) is 3.05. The average Bonchev–Trinajstić information content (AvgIpc) is 2.39. The van der Waals surface area contributed by atoms with Crippen LogP contribution < -0.4 is 5.73 Å². The van der Waals surface area contributed by atoms with E-state index in [9.17, 15) is 0 Å². The van der Waals surface area contributed by atoms with Gasteiger partial charge in [0, 0.05) is 25.0 Å². The molecule has 0 spiro atoms. The first kappa shape index (κ1) is 12.5. The van der Waals surface area contributed by atoms with Gasteiger partial charge in [-0.05, 0) is 56.0 Å². The topological polar surface area (TPSA) is 42.1 Å². The van der Waals surface area contributed by atoms with E-state index < -0.39 is 0 Å². The quantitative estimate of drug-likeness (QED) is 0.865. The van der Waals surface area contributed by atoms with E-state index in [0.29, 0.717) is 12.0 Å². The van der Waals surface area contributed by atoms with Gasteiger partial charge in [0.25, 0.3) is 0 Å². The minimum Gasteiger partial charge on any atom is -0.330 e. The summed E-state index contributed by atoms with van der Waals surface area (Å²) in [6.07, 6.45) is 7.53. The summed E-state index contributed by atoms with van der Waals surface area (Å²) in [5.74, 6) is 0.676. The number of pyridine rings is 1. The number of rotatable bonds is 4. The van der Waals surface area contributed by atoms with Crippen LogP contribution in [0.15, 0.2) is 24.5 Å². The Hall–Kier alpha value is -0.930. The highest BCUT2D eigenvalue weighted by molar-refractivity contribution is 5.10. The van der Waals surface area contributed by atoms with Crippen molar-refractivity contribution in [1.82, 2.24) is 9.88 Å². The highest BCUT2D eigenvalue weighted by atomic mass is 15.2. The number of piperidine rings is 1. The molecule has 3 heteroatoms. The molecule has 0 aromatic carbocycles. The van der Waals surface area contributed by atoms with Crippen LogP contribution in [0.1, 0.15) is 31.7 Å². The van der Waals surface area contributed by atoms with Gasteiger partial charge >= 0.3 is 0 Å². The van der Waals surface area contributed by atoms with E-state index in [0.717, 1.165) is 13.1 Å². The number of nitrogens with two attached hydrogens (primary N) is 1. The van der Waals surface area contributed by atoms with Crippen molar-refractivity contribution in [2.75, 3.05) is 13.1 Å². The summed E-state index contributed by atoms with van der Waals surface area (Å²) in [5.41, 5.74) is 7.25. The molecular formula is C14H23N3. The van der Waals surface area contributed by atoms with Gasteiger partial charge in [-0.15, -0.1) is 0 Å². The van der Waals surface area contributed by atoms with E-state index in [4.69, 9.17) is 5.73 Å². The van der Waals surface area contributed by atoms with Crippen molar-refractivity contribution in [2.45, 2.75) is 38.8 Å². The normalized spacial score (nSPS) is 26.0. The largest absolute Gasteiger partial charge is 0.330 e. The second kappa shape index (κ2) is 6.12. The summed E-state index contributed by atoms with van der Waals surface area (Å²) >= 11 is 0. The minimum atomic E-state index is 0.655. The molecule has 0 saturated carbocycles. The fourth-order valence-corrected chi connectivity index (χ4v) is 3.00. The van der Waals surface area contributed by atoms with Crippen molar-refractivity contribution in [3.8, 4) is 0 Å². The molecule has 0 bridgehead atoms. The van der Waals surface area contributed by atoms with Gasteiger partial charge in [-0.3, -0.25) is 9.88 Å². The molecule has 0 aliphatic carbocycles. The summed E-state index contributed by atoms with van der Waals surface area (Å²) in [4.78, 5) is 6.66. The molecule has 0 radical (unpaired) electrons. The maximum atomic E-state index is 5.89. The minimum absolute atomic E-state index is 0.655. The van der Waals surface area contributed by atoms with Crippen molar-refractivity contribution in [1.29, 1.82) is 0 Å². The van der Waals surface area contributed by atoms with E-state index in [1.54, 1.807) is 0 Å². The van der Waals surface area contributed by atoms with Gasteiger partial charge < -0.3 is 5.73 Å². The molecule has 1 aliphatic rings. The molecule has 1 aliphatic heterocycles. The van der Waals surface area contributed by atoms with Crippen molar-refractivity contribution < 1.29 is 0 Å². The molecule has 1 aromatic rings. The van der Waals surface area contributed by atoms with Gasteiger partial charge in [0.2, 0.25) is 0 Å². The van der Waals surface area contributed by atoms with Gasteiger partial charge in [-0.2, -0.15) is 0 Å². The van der Waals surface area contributed by atoms with Gasteiger partial charge in [-0.1, -0.05) is 6.92 Å². The highest BCUT2D eigenvalue weighted by Gasteiger charge is 2.28. The molecule has 3 nitrogen and oxygen atoms in total. The van der Waals surface area contributed by atoms with Gasteiger partial charge in [0.05, 0.1) is 0 Å². The van der Waals surface area contributed by atoms with Crippen molar-refractivity contribution in [3.63, 3.8) is 0 Å². The molecule has 1 saturated heterocycles. The molecule has 1 aromatic heterocycles. The first-order valence-electron chi connectivity index (χ1n) is 6.68. The fourth-order valence-electron chi connectivity index (χ4n) is 3.00. The van der Waals surface area contributed by atoms with Crippen LogP contribution >= 0.6 is 0 Å². The maximum absolute atomic E-state index is 5.89. The fraction of sp³-hybridized carbons (Fsp3) is 0.643. The number of hydrogen-bond donors (Lipinski definition) is 1. The maximum Gasteiger partial charge on any atom is 0.0271 e. The molecule has 1 fully saturated rings. The lowest BCUT2D eigenvalue weighted by Crippen LogP contribution is -2.46. The Morgan fingerprint density at radius 3 is 2.82 bits per heavy atom. The highest BCUT2D eigenvalue weighted by Crippen LogP contribution is 2.26. The molecular weight excluding hydrogens is 210 g/mol. The number of aromatic nitrogens is 1. The lowest BCUT2D eigenvalue weighted by Gasteiger charge is -2.40. The first-order chi connectivity index (χ1) is 8.35. The molecule has 0 unspecified atom stereocenters. The molecule has 2 heterocycles. The SMILES string of the molecule is CC[C@@H]1[C@@H](CN)CCCN1Cc1ccncc1. The Labute approximate surface area is 104 Å². The van der Waals surface area contributed by atoms with Crippen molar-refractivity contribution >= 4 is 0 Å². The summed E-state index contributed by atoms with van der Waals surface area (Å²) in [5, 5.41) is 0. The molecule has 2 N–H and O–H groups in total. The molecule has 94 valence electrons. The first-order valence-corrected chi connectivity index (χ1v) is 6.68. The third-order valence-electron chi connectivity index (χ3n) is 3.89. The lowest BCUT2D eigenvalue weighted by atomic mass is 9.87. The van der Waals surface area contributed by atoms with Crippen molar-refractivity contribution in [3.05, 3.63) is 30.1 Å². The van der Waals surface area contributed by atoms with Gasteiger partial charge in [-0.25, -0.2) is 0 Å². The zero-order valence-electron chi connectivity index (χ0n) is 10.7. The zero-order valence-corrected chi connectivity index (χ0v) is 10.7. The van der Waals surface area contributed by atoms with Crippen LogP contribution in [0.2, 0.25) is 0 Å². The van der Waals surface area contributed by atoms with E-state index in [-0.39, 0.29) is 0 Å². The molecule has 2 atom stereocenters. The van der Waals surface area contributed by atoms with E-state index in [1.165, 1.54) is 31.4 Å². The third-order valence-corrected chi connectivity index (χ3v) is 3.89. The second-order valence-electron chi connectivity index (χ2n) is 4.94. The van der Waals surface area contributed by atoms with Crippen LogP contribution in [0.4, 0.5) is 0 Å². The summed E-state index contributed by atoms with van der Waals surface area (Å²) in [6, 6.07) is 4.87. The van der Waals surface area contributed by atoms with E-state index in [1.807, 2.05) is 12.4 Å². The van der Waals surface area contributed by atoms with Crippen LogP contribution in [-0.2, 0) is 6.54 Å². The summed E-state index contributed by atoms with van der Waals surface area (Å²) in [7, 11) is 0. The zero-order chi connectivity index (χ0) is 12.1. The van der Waals surface area contributed by atoms with Crippen LogP contribution in [0.3, 0.4) is 0 Å².